The summed E-state index contributed by atoms with van der Waals surface area (Å²) in [7, 11) is 0. The molecular formula is C55H40N2. The Hall–Kier alpha value is -7.16. The molecule has 0 saturated carbocycles. The van der Waals surface area contributed by atoms with Crippen molar-refractivity contribution in [2.24, 2.45) is 0 Å². The Morgan fingerprint density at radius 2 is 1.07 bits per heavy atom. The molecule has 0 amide bonds. The zero-order valence-corrected chi connectivity index (χ0v) is 32.0. The van der Waals surface area contributed by atoms with Gasteiger partial charge in [-0.25, -0.2) is 0 Å². The highest BCUT2D eigenvalue weighted by atomic mass is 15.1. The molecule has 11 rings (SSSR count). The number of anilines is 3. The molecule has 0 unspecified atom stereocenters. The predicted octanol–water partition coefficient (Wildman–Crippen LogP) is 15.0. The molecule has 270 valence electrons. The van der Waals surface area contributed by atoms with Crippen molar-refractivity contribution in [1.82, 2.24) is 4.57 Å². The van der Waals surface area contributed by atoms with Crippen molar-refractivity contribution in [3.63, 3.8) is 0 Å². The van der Waals surface area contributed by atoms with Crippen LogP contribution in [0.2, 0.25) is 0 Å². The molecule has 0 bridgehead atoms. The number of benzene rings is 9. The summed E-state index contributed by atoms with van der Waals surface area (Å²) in [5.41, 5.74) is 17.0. The first kappa shape index (κ1) is 33.2. The van der Waals surface area contributed by atoms with Gasteiger partial charge in [0.2, 0.25) is 0 Å². The fourth-order valence-electron chi connectivity index (χ4n) is 9.53. The van der Waals surface area contributed by atoms with E-state index in [0.717, 1.165) is 17.1 Å². The summed E-state index contributed by atoms with van der Waals surface area (Å²) in [5.74, 6) is 0. The molecule has 0 saturated heterocycles. The van der Waals surface area contributed by atoms with E-state index in [0.29, 0.717) is 0 Å². The lowest BCUT2D eigenvalue weighted by molar-refractivity contribution is 0.660. The number of nitrogens with zero attached hydrogens (tertiary/aromatic N) is 2. The molecule has 0 radical (unpaired) electrons. The number of aromatic nitrogens is 1. The van der Waals surface area contributed by atoms with Crippen LogP contribution in [0.5, 0.6) is 0 Å². The molecule has 1 aromatic heterocycles. The second kappa shape index (κ2) is 13.0. The van der Waals surface area contributed by atoms with E-state index in [2.05, 4.69) is 230 Å². The summed E-state index contributed by atoms with van der Waals surface area (Å²) in [6.07, 6.45) is 0. The average Bonchev–Trinajstić information content (AvgIpc) is 3.73. The minimum absolute atomic E-state index is 0.114. The van der Waals surface area contributed by atoms with E-state index >= 15 is 0 Å². The summed E-state index contributed by atoms with van der Waals surface area (Å²) < 4.78 is 2.46. The summed E-state index contributed by atoms with van der Waals surface area (Å²) in [4.78, 5) is 2.46. The van der Waals surface area contributed by atoms with E-state index < -0.39 is 0 Å². The second-order valence-corrected chi connectivity index (χ2v) is 15.7. The quantitative estimate of drug-likeness (QED) is 0.165. The lowest BCUT2D eigenvalue weighted by Gasteiger charge is -2.29. The molecule has 10 aromatic rings. The van der Waals surface area contributed by atoms with Crippen molar-refractivity contribution < 1.29 is 0 Å². The van der Waals surface area contributed by atoms with Crippen molar-refractivity contribution in [3.05, 3.63) is 217 Å². The zero-order valence-electron chi connectivity index (χ0n) is 32.0. The fourth-order valence-corrected chi connectivity index (χ4v) is 9.53. The molecule has 9 aromatic carbocycles. The molecule has 1 aliphatic rings. The van der Waals surface area contributed by atoms with E-state index in [9.17, 15) is 0 Å². The summed E-state index contributed by atoms with van der Waals surface area (Å²) >= 11 is 0. The Bertz CT molecular complexity index is 3130. The van der Waals surface area contributed by atoms with Gasteiger partial charge in [0, 0.05) is 38.8 Å². The maximum absolute atomic E-state index is 2.46. The zero-order chi connectivity index (χ0) is 38.1. The van der Waals surface area contributed by atoms with Gasteiger partial charge < -0.3 is 9.47 Å². The third-order valence-electron chi connectivity index (χ3n) is 12.2. The SMILES string of the molecule is CC1(C)c2ccccc2-c2c(N(c3ccc(-c4ccccc4)cc3)c3cccc(-n4c5ccccc5c5c6c(-c7ccccc7)cccc6ccc54)c3)cccc21. The molecule has 1 aliphatic carbocycles. The van der Waals surface area contributed by atoms with Crippen molar-refractivity contribution in [1.29, 1.82) is 0 Å². The number of fused-ring (bicyclic) bond motifs is 8. The van der Waals surface area contributed by atoms with Crippen LogP contribution in [0.1, 0.15) is 25.0 Å². The number of rotatable bonds is 6. The first-order chi connectivity index (χ1) is 28.1. The van der Waals surface area contributed by atoms with Gasteiger partial charge in [-0.2, -0.15) is 0 Å². The number of para-hydroxylation sites is 1. The van der Waals surface area contributed by atoms with Crippen LogP contribution in [0, 0.1) is 0 Å². The molecule has 0 spiro atoms. The minimum Gasteiger partial charge on any atom is -0.310 e. The van der Waals surface area contributed by atoms with Crippen LogP contribution in [0.3, 0.4) is 0 Å². The van der Waals surface area contributed by atoms with Gasteiger partial charge in [-0.05, 0) is 98.2 Å². The third kappa shape index (κ3) is 5.18. The van der Waals surface area contributed by atoms with Crippen molar-refractivity contribution in [2.75, 3.05) is 4.90 Å². The summed E-state index contributed by atoms with van der Waals surface area (Å²) in [6, 6.07) is 75.6. The minimum atomic E-state index is -0.114. The highest BCUT2D eigenvalue weighted by molar-refractivity contribution is 6.25. The van der Waals surface area contributed by atoms with E-state index in [1.165, 1.54) is 82.8 Å². The molecule has 0 fully saturated rings. The highest BCUT2D eigenvalue weighted by Crippen LogP contribution is 2.54. The fraction of sp³-hybridized carbons (Fsp3) is 0.0545. The van der Waals surface area contributed by atoms with Gasteiger partial charge in [0.1, 0.15) is 0 Å². The van der Waals surface area contributed by atoms with Gasteiger partial charge in [-0.3, -0.25) is 0 Å². The molecular weight excluding hydrogens is 689 g/mol. The Kier molecular flexibility index (Phi) is 7.55. The third-order valence-corrected chi connectivity index (χ3v) is 12.2. The first-order valence-electron chi connectivity index (χ1n) is 19.9. The van der Waals surface area contributed by atoms with Gasteiger partial charge in [-0.1, -0.05) is 172 Å². The highest BCUT2D eigenvalue weighted by Gasteiger charge is 2.37. The van der Waals surface area contributed by atoms with Gasteiger partial charge >= 0.3 is 0 Å². The van der Waals surface area contributed by atoms with E-state index in [4.69, 9.17) is 0 Å². The Labute approximate surface area is 333 Å². The van der Waals surface area contributed by atoms with Gasteiger partial charge in [0.05, 0.1) is 16.7 Å². The average molecular weight is 729 g/mol. The molecule has 57 heavy (non-hydrogen) atoms. The van der Waals surface area contributed by atoms with Crippen LogP contribution >= 0.6 is 0 Å². The van der Waals surface area contributed by atoms with Crippen molar-refractivity contribution >= 4 is 49.6 Å². The number of hydrogen-bond acceptors (Lipinski definition) is 1. The predicted molar refractivity (Wildman–Crippen MR) is 241 cm³/mol. The topological polar surface area (TPSA) is 8.17 Å². The molecule has 2 nitrogen and oxygen atoms in total. The van der Waals surface area contributed by atoms with Crippen LogP contribution in [-0.2, 0) is 5.41 Å². The maximum atomic E-state index is 2.46. The Balaban J connectivity index is 1.15. The van der Waals surface area contributed by atoms with Crippen molar-refractivity contribution in [3.8, 4) is 39.1 Å². The standard InChI is InChI=1S/C55H40N2/c1-55(2)47-26-11-9-23-45(47)53-48(55)27-15-29-50(53)56(41-33-30-38(31-34-41)37-16-5-3-6-17-37)42-21-14-22-43(36-42)57-49-28-12-10-24-46(49)54-51(57)35-32-40-20-13-25-44(52(40)54)39-18-7-4-8-19-39/h3-36H,1-2H3. The maximum Gasteiger partial charge on any atom is 0.0547 e. The van der Waals surface area contributed by atoms with Gasteiger partial charge in [0.25, 0.3) is 0 Å². The molecule has 0 aliphatic heterocycles. The largest absolute Gasteiger partial charge is 0.310 e. The van der Waals surface area contributed by atoms with E-state index in [1.54, 1.807) is 0 Å². The first-order valence-corrected chi connectivity index (χ1v) is 19.9. The molecule has 0 N–H and O–H groups in total. The lowest BCUT2D eigenvalue weighted by atomic mass is 9.82. The van der Waals surface area contributed by atoms with Gasteiger partial charge in [-0.15, -0.1) is 0 Å². The Morgan fingerprint density at radius 3 is 1.89 bits per heavy atom. The van der Waals surface area contributed by atoms with Gasteiger partial charge in [0.15, 0.2) is 0 Å². The Morgan fingerprint density at radius 1 is 0.421 bits per heavy atom. The second-order valence-electron chi connectivity index (χ2n) is 15.7. The van der Waals surface area contributed by atoms with Crippen molar-refractivity contribution in [2.45, 2.75) is 19.3 Å². The van der Waals surface area contributed by atoms with Crippen LogP contribution in [0.15, 0.2) is 206 Å². The van der Waals surface area contributed by atoms with Crippen LogP contribution < -0.4 is 4.90 Å². The molecule has 1 heterocycles. The van der Waals surface area contributed by atoms with Crippen LogP contribution in [0.4, 0.5) is 17.1 Å². The summed E-state index contributed by atoms with van der Waals surface area (Å²) in [5, 5.41) is 5.06. The molecule has 2 heteroatoms. The van der Waals surface area contributed by atoms with E-state index in [-0.39, 0.29) is 5.41 Å². The summed E-state index contributed by atoms with van der Waals surface area (Å²) in [6.45, 7) is 4.71. The monoisotopic (exact) mass is 728 g/mol. The number of hydrogen-bond donors (Lipinski definition) is 0. The lowest BCUT2D eigenvalue weighted by Crippen LogP contribution is -2.16. The van der Waals surface area contributed by atoms with Crippen LogP contribution in [-0.4, -0.2) is 4.57 Å². The smallest absolute Gasteiger partial charge is 0.0547 e. The molecule has 0 atom stereocenters. The van der Waals surface area contributed by atoms with E-state index in [1.807, 2.05) is 0 Å². The normalized spacial score (nSPS) is 12.9. The van der Waals surface area contributed by atoms with Crippen LogP contribution in [0.25, 0.3) is 71.6 Å².